The van der Waals surface area contributed by atoms with Crippen molar-refractivity contribution in [3.05, 3.63) is 34.2 Å². The summed E-state index contributed by atoms with van der Waals surface area (Å²) < 4.78 is 1.48. The van der Waals surface area contributed by atoms with E-state index in [1.807, 2.05) is 0 Å². The zero-order valence-electron chi connectivity index (χ0n) is 12.0. The summed E-state index contributed by atoms with van der Waals surface area (Å²) in [5.74, 6) is 0.784. The van der Waals surface area contributed by atoms with Crippen LogP contribution in [-0.4, -0.2) is 28.0 Å². The molecule has 1 saturated carbocycles. The molecule has 2 heterocycles. The standard InChI is InChI=1S/C16H22N2O2/c1-17-11-13(8-9-15(17)19)16(20)18-10-4-6-12-5-2-3-7-14(12)18/h8-9,11-12,14H,2-7,10H2,1H3. The zero-order valence-corrected chi connectivity index (χ0v) is 12.0. The average Bonchev–Trinajstić information content (AvgIpc) is 2.49. The molecule has 0 bridgehead atoms. The number of carbonyl (C=O) groups is 1. The van der Waals surface area contributed by atoms with Crippen molar-refractivity contribution in [2.24, 2.45) is 13.0 Å². The molecule has 0 N–H and O–H groups in total. The normalized spacial score (nSPS) is 26.1. The van der Waals surface area contributed by atoms with Crippen LogP contribution in [0.5, 0.6) is 0 Å². The Labute approximate surface area is 119 Å². The maximum absolute atomic E-state index is 12.7. The third-order valence-electron chi connectivity index (χ3n) is 4.84. The van der Waals surface area contributed by atoms with Crippen LogP contribution < -0.4 is 5.56 Å². The number of fused-ring (bicyclic) bond motifs is 1. The van der Waals surface area contributed by atoms with E-state index in [-0.39, 0.29) is 11.5 Å². The second-order valence-electron chi connectivity index (χ2n) is 6.12. The Bertz CT molecular complexity index is 562. The lowest BCUT2D eigenvalue weighted by Gasteiger charge is -2.44. The number of likely N-dealkylation sites (tertiary alicyclic amines) is 1. The minimum Gasteiger partial charge on any atom is -0.335 e. The zero-order chi connectivity index (χ0) is 14.1. The second kappa shape index (κ2) is 5.43. The molecule has 2 aliphatic rings. The van der Waals surface area contributed by atoms with Crippen molar-refractivity contribution >= 4 is 5.91 Å². The first kappa shape index (κ1) is 13.4. The van der Waals surface area contributed by atoms with Crippen LogP contribution in [0, 0.1) is 5.92 Å². The monoisotopic (exact) mass is 274 g/mol. The van der Waals surface area contributed by atoms with Crippen LogP contribution in [0.2, 0.25) is 0 Å². The number of hydrogen-bond acceptors (Lipinski definition) is 2. The van der Waals surface area contributed by atoms with E-state index in [1.165, 1.54) is 36.3 Å². The van der Waals surface area contributed by atoms with Crippen LogP contribution in [0.15, 0.2) is 23.1 Å². The van der Waals surface area contributed by atoms with Gasteiger partial charge in [0.2, 0.25) is 5.56 Å². The molecule has 4 nitrogen and oxygen atoms in total. The van der Waals surface area contributed by atoms with E-state index in [1.54, 1.807) is 19.3 Å². The van der Waals surface area contributed by atoms with Gasteiger partial charge in [-0.05, 0) is 37.7 Å². The molecule has 20 heavy (non-hydrogen) atoms. The molecule has 2 atom stereocenters. The van der Waals surface area contributed by atoms with Crippen molar-refractivity contribution in [1.82, 2.24) is 9.47 Å². The Morgan fingerprint density at radius 3 is 2.70 bits per heavy atom. The van der Waals surface area contributed by atoms with E-state index in [0.29, 0.717) is 17.5 Å². The molecule has 0 radical (unpaired) electrons. The third-order valence-corrected chi connectivity index (χ3v) is 4.84. The fourth-order valence-corrected chi connectivity index (χ4v) is 3.76. The molecule has 1 saturated heterocycles. The Hall–Kier alpha value is -1.58. The van der Waals surface area contributed by atoms with E-state index in [2.05, 4.69) is 4.90 Å². The highest BCUT2D eigenvalue weighted by Gasteiger charge is 2.35. The molecule has 0 spiro atoms. The van der Waals surface area contributed by atoms with Gasteiger partial charge in [-0.25, -0.2) is 0 Å². The van der Waals surface area contributed by atoms with Crippen molar-refractivity contribution in [3.63, 3.8) is 0 Å². The summed E-state index contributed by atoms with van der Waals surface area (Å²) in [7, 11) is 1.69. The van der Waals surface area contributed by atoms with Gasteiger partial charge in [0.25, 0.3) is 5.91 Å². The third kappa shape index (κ3) is 2.39. The summed E-state index contributed by atoms with van der Waals surface area (Å²) in [5.41, 5.74) is 0.564. The topological polar surface area (TPSA) is 42.3 Å². The van der Waals surface area contributed by atoms with E-state index in [4.69, 9.17) is 0 Å². The molecule has 1 aliphatic carbocycles. The number of amides is 1. The molecule has 108 valence electrons. The average molecular weight is 274 g/mol. The van der Waals surface area contributed by atoms with Gasteiger partial charge in [0.05, 0.1) is 5.56 Å². The maximum atomic E-state index is 12.7. The van der Waals surface area contributed by atoms with E-state index < -0.39 is 0 Å². The van der Waals surface area contributed by atoms with Crippen LogP contribution in [0.1, 0.15) is 48.9 Å². The van der Waals surface area contributed by atoms with Gasteiger partial charge in [0.15, 0.2) is 0 Å². The molecule has 2 fully saturated rings. The number of piperidine rings is 1. The molecule has 1 amide bonds. The first-order chi connectivity index (χ1) is 9.66. The molecule has 1 aromatic heterocycles. The van der Waals surface area contributed by atoms with Crippen molar-refractivity contribution in [2.45, 2.75) is 44.6 Å². The number of nitrogens with zero attached hydrogens (tertiary/aromatic N) is 2. The summed E-state index contributed by atoms with van der Waals surface area (Å²) in [4.78, 5) is 26.2. The Kier molecular flexibility index (Phi) is 3.64. The molecule has 3 rings (SSSR count). The summed E-state index contributed by atoms with van der Waals surface area (Å²) in [6.45, 7) is 0.864. The second-order valence-corrected chi connectivity index (χ2v) is 6.12. The van der Waals surface area contributed by atoms with Gasteiger partial charge in [-0.15, -0.1) is 0 Å². The fourth-order valence-electron chi connectivity index (χ4n) is 3.76. The predicted octanol–water partition coefficient (Wildman–Crippen LogP) is 2.18. The number of pyridine rings is 1. The van der Waals surface area contributed by atoms with Gasteiger partial charge >= 0.3 is 0 Å². The van der Waals surface area contributed by atoms with Gasteiger partial charge in [-0.1, -0.05) is 12.8 Å². The smallest absolute Gasteiger partial charge is 0.255 e. The Balaban J connectivity index is 1.84. The van der Waals surface area contributed by atoms with Crippen molar-refractivity contribution in [3.8, 4) is 0 Å². The summed E-state index contributed by atoms with van der Waals surface area (Å²) in [6, 6.07) is 3.56. The Morgan fingerprint density at radius 2 is 1.90 bits per heavy atom. The van der Waals surface area contributed by atoms with Crippen molar-refractivity contribution in [2.75, 3.05) is 6.54 Å². The highest BCUT2D eigenvalue weighted by atomic mass is 16.2. The van der Waals surface area contributed by atoms with E-state index in [0.717, 1.165) is 19.4 Å². The van der Waals surface area contributed by atoms with Gasteiger partial charge in [-0.2, -0.15) is 0 Å². The van der Waals surface area contributed by atoms with Crippen LogP contribution in [0.4, 0.5) is 0 Å². The van der Waals surface area contributed by atoms with Crippen molar-refractivity contribution in [1.29, 1.82) is 0 Å². The molecular weight excluding hydrogens is 252 g/mol. The summed E-state index contributed by atoms with van der Waals surface area (Å²) in [5, 5.41) is 0. The number of aryl methyl sites for hydroxylation is 1. The van der Waals surface area contributed by atoms with Gasteiger partial charge < -0.3 is 9.47 Å². The van der Waals surface area contributed by atoms with Crippen LogP contribution in [0.3, 0.4) is 0 Å². The number of hydrogen-bond donors (Lipinski definition) is 0. The molecular formula is C16H22N2O2. The minimum absolute atomic E-state index is 0.0734. The van der Waals surface area contributed by atoms with Gasteiger partial charge in [-0.3, -0.25) is 9.59 Å². The predicted molar refractivity (Wildman–Crippen MR) is 77.7 cm³/mol. The summed E-state index contributed by atoms with van der Waals surface area (Å²) >= 11 is 0. The first-order valence-corrected chi connectivity index (χ1v) is 7.64. The maximum Gasteiger partial charge on any atom is 0.255 e. The van der Waals surface area contributed by atoms with Crippen LogP contribution >= 0.6 is 0 Å². The Morgan fingerprint density at radius 1 is 1.15 bits per heavy atom. The largest absolute Gasteiger partial charge is 0.335 e. The molecule has 0 aromatic carbocycles. The SMILES string of the molecule is Cn1cc(C(=O)N2CCCC3CCCCC32)ccc1=O. The molecule has 1 aliphatic heterocycles. The number of carbonyl (C=O) groups excluding carboxylic acids is 1. The van der Waals surface area contributed by atoms with Crippen LogP contribution in [-0.2, 0) is 7.05 Å². The minimum atomic E-state index is -0.0734. The van der Waals surface area contributed by atoms with Gasteiger partial charge in [0, 0.05) is 31.9 Å². The highest BCUT2D eigenvalue weighted by molar-refractivity contribution is 5.94. The number of rotatable bonds is 1. The van der Waals surface area contributed by atoms with Crippen LogP contribution in [0.25, 0.3) is 0 Å². The lowest BCUT2D eigenvalue weighted by Crippen LogP contribution is -2.49. The molecule has 1 aromatic rings. The van der Waals surface area contributed by atoms with Crippen molar-refractivity contribution < 1.29 is 4.79 Å². The van der Waals surface area contributed by atoms with E-state index in [9.17, 15) is 9.59 Å². The molecule has 2 unspecified atom stereocenters. The molecule has 4 heteroatoms. The fraction of sp³-hybridized carbons (Fsp3) is 0.625. The highest BCUT2D eigenvalue weighted by Crippen LogP contribution is 2.35. The number of aromatic nitrogens is 1. The van der Waals surface area contributed by atoms with Gasteiger partial charge in [0.1, 0.15) is 0 Å². The quantitative estimate of drug-likeness (QED) is 0.787. The summed E-state index contributed by atoms with van der Waals surface area (Å²) in [6.07, 6.45) is 8.99. The first-order valence-electron chi connectivity index (χ1n) is 7.64. The lowest BCUT2D eigenvalue weighted by molar-refractivity contribution is 0.0390. The van der Waals surface area contributed by atoms with E-state index >= 15 is 0 Å². The lowest BCUT2D eigenvalue weighted by atomic mass is 9.78.